The first-order valence-corrected chi connectivity index (χ1v) is 49.7. The number of benzene rings is 2. The third kappa shape index (κ3) is 40.7. The number of fused-ring (bicyclic) bond motifs is 3. The number of ether oxygens (including phenoxy) is 6. The van der Waals surface area contributed by atoms with Crippen LogP contribution in [0.3, 0.4) is 0 Å². The number of aromatic nitrogens is 11. The number of nitrogens with zero attached hydrogens (tertiary/aromatic N) is 11. The van der Waals surface area contributed by atoms with E-state index in [0.717, 1.165) is 86.4 Å². The summed E-state index contributed by atoms with van der Waals surface area (Å²) in [6.07, 6.45) is 30.9. The minimum Gasteiger partial charge on any atom is -0.756 e. The van der Waals surface area contributed by atoms with E-state index in [9.17, 15) is 47.5 Å². The van der Waals surface area contributed by atoms with E-state index < -0.39 is 114 Å². The van der Waals surface area contributed by atoms with Crippen molar-refractivity contribution >= 4 is 73.5 Å². The molecular weight excluding hydrogens is 2190 g/mol. The molecule has 15 rings (SSSR count). The summed E-state index contributed by atoms with van der Waals surface area (Å²) in [4.78, 5) is 140. The molecule has 1 aromatic carbocycles. The van der Waals surface area contributed by atoms with Crippen molar-refractivity contribution in [1.29, 1.82) is 0 Å². The number of carbonyl (C=O) groups is 1. The number of unbranched alkanes of at least 4 members (excludes halogenated alkanes) is 2. The zero-order valence-electron chi connectivity index (χ0n) is 77.2. The van der Waals surface area contributed by atoms with E-state index >= 15 is 0 Å². The van der Waals surface area contributed by atoms with Crippen LogP contribution in [0, 0.1) is 47.4 Å². The van der Waals surface area contributed by atoms with Crippen molar-refractivity contribution in [3.05, 3.63) is 149 Å². The minimum atomic E-state index is -4.94. The van der Waals surface area contributed by atoms with Gasteiger partial charge in [-0.1, -0.05) is 159 Å². The summed E-state index contributed by atoms with van der Waals surface area (Å²) >= 11 is 1.72. The topological polar surface area (TPSA) is 519 Å². The SMILES string of the molecule is C.C.C.C1CCCC1.C1CCCC1.C=C(NCC#Cc1cn([C@H]2CC(OC)[C@@H](COP(=O)([O-])O)O2)c(=O)[nH]c1=O)C1CCCC1.COC1CC(n2cc(C#CCNC(=O)CCCN(C)c3ccc4nc5ccc(=[N+](C)C)cc-5sc4c3)c3c(N)ncnc32)OC1COP(=O)(O)O.COC1C[C@H](n2cc(C#CCCCCc3cn(CC4CCCC4)nn3)c(=O)[nH]c2=O)O[C@@H]1COP(=O)([O-])O.[Fe].[Fe].[Y].[Y].[Y]. The van der Waals surface area contributed by atoms with Crippen LogP contribution in [0.15, 0.2) is 99.0 Å². The first-order chi connectivity index (χ1) is 62.8. The third-order valence-electron chi connectivity index (χ3n) is 23.7. The van der Waals surface area contributed by atoms with Crippen LogP contribution >= 0.6 is 34.8 Å². The predicted molar refractivity (Wildman–Crippen MR) is 507 cm³/mol. The first-order valence-electron chi connectivity index (χ1n) is 44.3. The van der Waals surface area contributed by atoms with Crippen LogP contribution in [0.4, 0.5) is 11.5 Å². The van der Waals surface area contributed by atoms with Crippen molar-refractivity contribution in [2.24, 2.45) is 11.8 Å². The van der Waals surface area contributed by atoms with Crippen molar-refractivity contribution < 1.29 is 222 Å². The molecule has 5 aliphatic carbocycles. The average molecular weight is 2320 g/mol. The Labute approximate surface area is 912 Å². The van der Waals surface area contributed by atoms with E-state index in [2.05, 4.69) is 136 Å². The van der Waals surface area contributed by atoms with E-state index in [-0.39, 0.29) is 203 Å². The molecule has 761 valence electrons. The largest absolute Gasteiger partial charge is 0.756 e. The standard InChI is InChI=1S/C34H39N8O7PS.C24H34N5O8P.C20H28N3O8P.2C5H10.3CH4.2Fe.3Y/c1-40(2)22-9-11-24-28(15-22)51-29-16-23(10-12-25(29)39-24)41(3)14-6-8-30(43)36-13-5-7-21-18-42(34-32(21)33(35)37-20-38-34)31-17-26(47-4)27(49-31)19-48-50(44,45)46;1-35-20-12-22(37-21(20)16-36-38(32,33)34)29-14-18(23(30)25-24(29)31)10-4-2-3-5-11-19-15-28(27-26-19)13-17-8-6-7-9-17;1-13(14-6-3-4-7-14)21-9-5-8-15-11-23(20(25)22-19(15)24)18-10-16(29-2)17(31-18)12-30-32(26,27)28;2*1-2-4-5-3-1;;;;;;;;/h9-12,15-16,18,20,26-27,31H,6,8,13-14,17,19H2,1-4H3,(H4-,35,36,37,38,43,44,45,46);14-15,17,20-22H,2-3,5-9,11-13,16H2,1H3,(H,25,30,31)(H2,32,33,34);11,14,16-18,21H,1,3-4,6-7,9-10,12H2,2H3,(H,22,24,25)(H2,26,27,28);2*1-5H2;3*1H4;;;;;/p-1/t;20?,21-,22-;16?,17-,18-;;;;;;;;;;/m.11........../s1. The Bertz CT molecular complexity index is 5820. The van der Waals surface area contributed by atoms with E-state index in [1.54, 1.807) is 22.1 Å². The van der Waals surface area contributed by atoms with Gasteiger partial charge in [0.1, 0.15) is 80.0 Å². The average Bonchev–Trinajstić information content (AvgIpc) is 1.72. The predicted octanol–water partition coefficient (Wildman–Crippen LogP) is 9.18. The van der Waals surface area contributed by atoms with Gasteiger partial charge >= 0.3 is 19.2 Å². The maximum atomic E-state index is 12.7. The van der Waals surface area contributed by atoms with Crippen molar-refractivity contribution in [3.63, 3.8) is 0 Å². The molecule has 9 heterocycles. The van der Waals surface area contributed by atoms with Crippen molar-refractivity contribution in [2.45, 2.75) is 257 Å². The van der Waals surface area contributed by atoms with Crippen LogP contribution in [-0.4, -0.2) is 198 Å². The fourth-order valence-corrected chi connectivity index (χ4v) is 18.6. The summed E-state index contributed by atoms with van der Waals surface area (Å²) in [5.41, 5.74) is 9.68. The summed E-state index contributed by atoms with van der Waals surface area (Å²) in [6.45, 7) is 4.81. The second-order valence-corrected chi connectivity index (χ2v) is 38.1. The number of phosphoric ester groups is 3. The first kappa shape index (κ1) is 128. The summed E-state index contributed by atoms with van der Waals surface area (Å²) < 4.78 is 89.2. The number of aryl methyl sites for hydroxylation is 1. The van der Waals surface area contributed by atoms with Gasteiger partial charge in [-0.15, -0.1) is 16.4 Å². The van der Waals surface area contributed by atoms with Crippen LogP contribution in [0.1, 0.15) is 230 Å². The van der Waals surface area contributed by atoms with E-state index in [4.69, 9.17) is 58.7 Å². The van der Waals surface area contributed by atoms with Crippen LogP contribution in [0.25, 0.3) is 31.8 Å². The van der Waals surface area contributed by atoms with E-state index in [1.807, 2.05) is 38.1 Å². The Balaban J connectivity index is 0.000000506. The molecule has 6 aromatic rings. The van der Waals surface area contributed by atoms with Gasteiger partial charge in [-0.2, -0.15) is 0 Å². The Kier molecular flexibility index (Phi) is 58.7. The molecule has 3 saturated heterocycles. The van der Waals surface area contributed by atoms with Crippen LogP contribution < -0.4 is 63.5 Å². The van der Waals surface area contributed by atoms with Gasteiger partial charge in [0.05, 0.1) is 88.7 Å². The maximum Gasteiger partial charge on any atom is 0.469 e. The van der Waals surface area contributed by atoms with Crippen molar-refractivity contribution in [2.75, 3.05) is 92.6 Å². The van der Waals surface area contributed by atoms with Gasteiger partial charge in [-0.3, -0.25) is 51.8 Å². The number of nitrogens with one attached hydrogen (secondary N) is 4. The van der Waals surface area contributed by atoms with Crippen molar-refractivity contribution in [3.8, 4) is 46.1 Å². The second kappa shape index (κ2) is 63.6. The number of hydrogen-bond donors (Lipinski definition) is 9. The number of anilines is 2. The monoisotopic (exact) mass is 2320 g/mol. The summed E-state index contributed by atoms with van der Waals surface area (Å²) in [5.74, 6) is 18.8. The van der Waals surface area contributed by atoms with Gasteiger partial charge in [0, 0.05) is 254 Å². The molecule has 7 unspecified atom stereocenters. The molecule has 11 atom stereocenters. The Morgan fingerprint density at radius 2 is 1.13 bits per heavy atom. The third-order valence-corrected chi connectivity index (χ3v) is 26.2. The zero-order chi connectivity index (χ0) is 93.8. The molecule has 0 spiro atoms. The number of nitrogens with two attached hydrogens (primary N) is 1. The van der Waals surface area contributed by atoms with Gasteiger partial charge in [0.25, 0.3) is 26.8 Å². The van der Waals surface area contributed by atoms with Gasteiger partial charge in [-0.05, 0) is 87.5 Å². The molecular formula is C91H132Fe2N16O23P3SY3-. The van der Waals surface area contributed by atoms with Crippen LogP contribution in [-0.2, 0) is 206 Å². The zero-order valence-corrected chi connectivity index (χ0v) is 91.4. The van der Waals surface area contributed by atoms with Crippen molar-refractivity contribution in [1.82, 2.24) is 68.8 Å². The smallest absolute Gasteiger partial charge is 0.469 e. The number of amides is 1. The molecule has 10 N–H and O–H groups in total. The Hall–Kier alpha value is -4.89. The number of carbonyl (C=O) groups excluding carboxylic acids is 1. The molecule has 39 nitrogen and oxygen atoms in total. The van der Waals surface area contributed by atoms with Crippen LogP contribution in [0.2, 0.25) is 0 Å². The summed E-state index contributed by atoms with van der Waals surface area (Å²) in [7, 11) is -4.20. The molecule has 3 radical (unpaired) electrons. The fraction of sp³-hybridized carbons (Fsp3) is 0.593. The van der Waals surface area contributed by atoms with Gasteiger partial charge in [0.2, 0.25) is 11.3 Å². The molecule has 9 aliphatic rings. The minimum absolute atomic E-state index is 0. The van der Waals surface area contributed by atoms with E-state index in [0.29, 0.717) is 67.2 Å². The van der Waals surface area contributed by atoms with Gasteiger partial charge in [-0.25, -0.2) is 33.7 Å². The molecule has 0 bridgehead atoms. The number of hydrogen-bond acceptors (Lipinski definition) is 28. The van der Waals surface area contributed by atoms with Crippen LogP contribution in [0.5, 0.6) is 0 Å². The van der Waals surface area contributed by atoms with Gasteiger partial charge < -0.3 is 92.7 Å². The number of methoxy groups -OCH3 is 3. The molecule has 48 heteroatoms. The number of allylic oxidation sites excluding steroid dienone is 1. The van der Waals surface area contributed by atoms with Gasteiger partial charge in [0.15, 0.2) is 0 Å². The maximum absolute atomic E-state index is 12.7. The number of rotatable bonds is 30. The molecule has 7 fully saturated rings. The normalized spacial score (nSPS) is 20.3. The Morgan fingerprint density at radius 1 is 0.640 bits per heavy atom. The Morgan fingerprint density at radius 3 is 1.64 bits per heavy atom. The van der Waals surface area contributed by atoms with E-state index in [1.165, 1.54) is 147 Å². The molecule has 5 aromatic heterocycles. The number of phosphoric acid groups is 3. The molecule has 1 amide bonds. The molecule has 4 aliphatic heterocycles. The fourth-order valence-electron chi connectivity index (χ4n) is 16.6. The number of nitrogen functional groups attached to an aromatic ring is 1. The quantitative estimate of drug-likeness (QED) is 0.00505. The number of aromatic amines is 2. The molecule has 4 saturated carbocycles. The second-order valence-electron chi connectivity index (χ2n) is 33.4. The number of H-pyrrole nitrogens is 2. The molecule has 139 heavy (non-hydrogen) atoms. The summed E-state index contributed by atoms with van der Waals surface area (Å²) in [6, 6.07) is 12.5. The summed E-state index contributed by atoms with van der Waals surface area (Å²) in [5, 5.41) is 16.2.